The lowest BCUT2D eigenvalue weighted by atomic mass is 9.85. The maximum Gasteiger partial charge on any atom is 0.227 e. The van der Waals surface area contributed by atoms with Crippen LogP contribution in [0.4, 0.5) is 5.69 Å². The van der Waals surface area contributed by atoms with Crippen molar-refractivity contribution < 1.29 is 4.79 Å². The summed E-state index contributed by atoms with van der Waals surface area (Å²) in [7, 11) is 0. The third-order valence-electron chi connectivity index (χ3n) is 5.11. The highest BCUT2D eigenvalue weighted by Gasteiger charge is 2.27. The maximum atomic E-state index is 12.8. The van der Waals surface area contributed by atoms with Crippen molar-refractivity contribution in [1.82, 2.24) is 4.98 Å². The summed E-state index contributed by atoms with van der Waals surface area (Å²) in [6.07, 6.45) is 2.65. The fourth-order valence-corrected chi connectivity index (χ4v) is 3.78. The van der Waals surface area contributed by atoms with Crippen molar-refractivity contribution in [3.8, 4) is 0 Å². The number of fused-ring (bicyclic) bond motifs is 3. The van der Waals surface area contributed by atoms with Crippen LogP contribution in [0.3, 0.4) is 0 Å². The fraction of sp³-hybridized carbons (Fsp3) is 0.286. The number of rotatable bonds is 2. The molecule has 122 valence electrons. The highest BCUT2D eigenvalue weighted by molar-refractivity contribution is 5.94. The summed E-state index contributed by atoms with van der Waals surface area (Å²) < 4.78 is 0. The predicted octanol–water partition coefficient (Wildman–Crippen LogP) is 4.53. The van der Waals surface area contributed by atoms with E-state index in [0.717, 1.165) is 30.5 Å². The average Bonchev–Trinajstić information content (AvgIpc) is 2.95. The lowest BCUT2D eigenvalue weighted by Gasteiger charge is -2.22. The molecule has 0 radical (unpaired) electrons. The molecule has 1 aromatic heterocycles. The Bertz CT molecular complexity index is 923. The fourth-order valence-electron chi connectivity index (χ4n) is 3.78. The van der Waals surface area contributed by atoms with Gasteiger partial charge < -0.3 is 10.3 Å². The van der Waals surface area contributed by atoms with Crippen LogP contribution in [0.15, 0.2) is 42.5 Å². The van der Waals surface area contributed by atoms with Crippen LogP contribution in [0, 0.1) is 19.8 Å². The Labute approximate surface area is 142 Å². The molecule has 1 heterocycles. The largest absolute Gasteiger partial charge is 0.358 e. The van der Waals surface area contributed by atoms with Crippen molar-refractivity contribution in [3.05, 3.63) is 64.8 Å². The number of aromatic amines is 1. The number of amides is 1. The summed E-state index contributed by atoms with van der Waals surface area (Å²) in [5, 5.41) is 4.39. The highest BCUT2D eigenvalue weighted by Crippen LogP contribution is 2.32. The Morgan fingerprint density at radius 2 is 2.00 bits per heavy atom. The van der Waals surface area contributed by atoms with E-state index in [2.05, 4.69) is 47.6 Å². The van der Waals surface area contributed by atoms with Crippen LogP contribution in [0.5, 0.6) is 0 Å². The van der Waals surface area contributed by atoms with Gasteiger partial charge in [0.1, 0.15) is 0 Å². The molecule has 0 spiro atoms. The molecule has 0 fully saturated rings. The Balaban J connectivity index is 1.56. The van der Waals surface area contributed by atoms with Crippen LogP contribution >= 0.6 is 0 Å². The molecule has 1 amide bonds. The van der Waals surface area contributed by atoms with E-state index < -0.39 is 0 Å². The summed E-state index contributed by atoms with van der Waals surface area (Å²) in [5.74, 6) is 0.176. The number of H-pyrrole nitrogens is 1. The van der Waals surface area contributed by atoms with E-state index in [4.69, 9.17) is 0 Å². The Kier molecular flexibility index (Phi) is 3.64. The second kappa shape index (κ2) is 5.82. The molecule has 1 aliphatic rings. The molecule has 2 N–H and O–H groups in total. The standard InChI is InChI=1S/C21H22N2O/c1-13-7-9-18(14(2)11-13)23-21(24)15-8-10-20-17(12-15)16-5-3-4-6-19(16)22-20/h3-7,9,11,15,22H,8,10,12H2,1-2H3,(H,23,24). The van der Waals surface area contributed by atoms with Gasteiger partial charge in [-0.25, -0.2) is 0 Å². The van der Waals surface area contributed by atoms with Gasteiger partial charge in [0.05, 0.1) is 0 Å². The number of benzene rings is 2. The normalized spacial score (nSPS) is 16.8. The SMILES string of the molecule is Cc1ccc(NC(=O)C2CCc3[nH]c4ccccc4c3C2)c(C)c1. The molecule has 4 rings (SSSR count). The number of aryl methyl sites for hydroxylation is 3. The van der Waals surface area contributed by atoms with Gasteiger partial charge in [0, 0.05) is 28.2 Å². The van der Waals surface area contributed by atoms with E-state index >= 15 is 0 Å². The Morgan fingerprint density at radius 3 is 2.83 bits per heavy atom. The first kappa shape index (κ1) is 15.0. The van der Waals surface area contributed by atoms with Crippen LogP contribution in [-0.2, 0) is 17.6 Å². The minimum atomic E-state index is 0.0393. The first-order valence-corrected chi connectivity index (χ1v) is 8.58. The third kappa shape index (κ3) is 2.60. The van der Waals surface area contributed by atoms with Crippen molar-refractivity contribution >= 4 is 22.5 Å². The second-order valence-corrected chi connectivity index (χ2v) is 6.88. The molecular weight excluding hydrogens is 296 g/mol. The summed E-state index contributed by atoms with van der Waals surface area (Å²) in [6.45, 7) is 4.11. The molecule has 0 saturated carbocycles. The zero-order chi connectivity index (χ0) is 16.7. The van der Waals surface area contributed by atoms with Gasteiger partial charge in [-0.2, -0.15) is 0 Å². The minimum Gasteiger partial charge on any atom is -0.358 e. The van der Waals surface area contributed by atoms with Crippen molar-refractivity contribution in [2.75, 3.05) is 5.32 Å². The molecule has 1 atom stereocenters. The minimum absolute atomic E-state index is 0.0393. The average molecular weight is 318 g/mol. The number of carbonyl (C=O) groups is 1. The third-order valence-corrected chi connectivity index (χ3v) is 5.11. The molecule has 3 aromatic rings. The van der Waals surface area contributed by atoms with Gasteiger partial charge in [0.25, 0.3) is 0 Å². The molecule has 0 saturated heterocycles. The zero-order valence-corrected chi connectivity index (χ0v) is 14.1. The topological polar surface area (TPSA) is 44.9 Å². The van der Waals surface area contributed by atoms with Crippen LogP contribution in [0.1, 0.15) is 28.8 Å². The molecule has 1 unspecified atom stereocenters. The summed E-state index contributed by atoms with van der Waals surface area (Å²) in [4.78, 5) is 16.3. The first-order chi connectivity index (χ1) is 11.6. The quantitative estimate of drug-likeness (QED) is 0.716. The van der Waals surface area contributed by atoms with Gasteiger partial charge in [-0.3, -0.25) is 4.79 Å². The van der Waals surface area contributed by atoms with Crippen molar-refractivity contribution in [2.45, 2.75) is 33.1 Å². The summed E-state index contributed by atoms with van der Waals surface area (Å²) >= 11 is 0. The lowest BCUT2D eigenvalue weighted by molar-refractivity contribution is -0.120. The van der Waals surface area contributed by atoms with Crippen LogP contribution in [0.25, 0.3) is 10.9 Å². The number of carbonyl (C=O) groups excluding carboxylic acids is 1. The van der Waals surface area contributed by atoms with E-state index in [1.807, 2.05) is 19.1 Å². The monoisotopic (exact) mass is 318 g/mol. The van der Waals surface area contributed by atoms with Gasteiger partial charge in [0.15, 0.2) is 0 Å². The number of anilines is 1. The number of hydrogen-bond acceptors (Lipinski definition) is 1. The van der Waals surface area contributed by atoms with E-state index in [1.165, 1.54) is 27.7 Å². The molecule has 3 nitrogen and oxygen atoms in total. The molecular formula is C21H22N2O. The van der Waals surface area contributed by atoms with Crippen molar-refractivity contribution in [1.29, 1.82) is 0 Å². The van der Waals surface area contributed by atoms with Crippen LogP contribution in [-0.4, -0.2) is 10.9 Å². The van der Waals surface area contributed by atoms with Gasteiger partial charge in [-0.1, -0.05) is 35.9 Å². The predicted molar refractivity (Wildman–Crippen MR) is 98.4 cm³/mol. The number of nitrogens with one attached hydrogen (secondary N) is 2. The maximum absolute atomic E-state index is 12.8. The molecule has 1 aliphatic carbocycles. The molecule has 0 aliphatic heterocycles. The molecule has 2 aromatic carbocycles. The van der Waals surface area contributed by atoms with E-state index in [1.54, 1.807) is 0 Å². The van der Waals surface area contributed by atoms with E-state index in [9.17, 15) is 4.79 Å². The Morgan fingerprint density at radius 1 is 1.17 bits per heavy atom. The smallest absolute Gasteiger partial charge is 0.227 e. The number of para-hydroxylation sites is 1. The summed E-state index contributed by atoms with van der Waals surface area (Å²) in [6, 6.07) is 14.5. The number of hydrogen-bond donors (Lipinski definition) is 2. The van der Waals surface area contributed by atoms with Crippen LogP contribution in [0.2, 0.25) is 0 Å². The second-order valence-electron chi connectivity index (χ2n) is 6.88. The van der Waals surface area contributed by atoms with Crippen molar-refractivity contribution in [3.63, 3.8) is 0 Å². The first-order valence-electron chi connectivity index (χ1n) is 8.58. The van der Waals surface area contributed by atoms with Gasteiger partial charge in [-0.05, 0) is 56.4 Å². The van der Waals surface area contributed by atoms with E-state index in [-0.39, 0.29) is 11.8 Å². The van der Waals surface area contributed by atoms with Gasteiger partial charge in [-0.15, -0.1) is 0 Å². The highest BCUT2D eigenvalue weighted by atomic mass is 16.1. The van der Waals surface area contributed by atoms with Crippen LogP contribution < -0.4 is 5.32 Å². The van der Waals surface area contributed by atoms with Gasteiger partial charge >= 0.3 is 0 Å². The van der Waals surface area contributed by atoms with Crippen molar-refractivity contribution in [2.24, 2.45) is 5.92 Å². The molecule has 0 bridgehead atoms. The molecule has 24 heavy (non-hydrogen) atoms. The van der Waals surface area contributed by atoms with Gasteiger partial charge in [0.2, 0.25) is 5.91 Å². The Hall–Kier alpha value is -2.55. The summed E-state index contributed by atoms with van der Waals surface area (Å²) in [5.41, 5.74) is 7.05. The molecule has 3 heteroatoms. The zero-order valence-electron chi connectivity index (χ0n) is 14.1. The van der Waals surface area contributed by atoms with E-state index in [0.29, 0.717) is 0 Å². The number of aromatic nitrogens is 1. The lowest BCUT2D eigenvalue weighted by Crippen LogP contribution is -2.28.